The van der Waals surface area contributed by atoms with Crippen LogP contribution in [-0.4, -0.2) is 16.1 Å². The molecule has 0 bridgehead atoms. The Labute approximate surface area is 156 Å². The van der Waals surface area contributed by atoms with Crippen molar-refractivity contribution in [2.45, 2.75) is 33.1 Å². The molecule has 0 spiro atoms. The van der Waals surface area contributed by atoms with Gasteiger partial charge in [0.05, 0.1) is 12.0 Å². The van der Waals surface area contributed by atoms with Gasteiger partial charge in [0.15, 0.2) is 11.3 Å². The third-order valence-electron chi connectivity index (χ3n) is 4.61. The Kier molecular flexibility index (Phi) is 4.90. The molecule has 0 unspecified atom stereocenters. The van der Waals surface area contributed by atoms with E-state index in [9.17, 15) is 19.8 Å². The van der Waals surface area contributed by atoms with Crippen LogP contribution in [0, 0.1) is 6.92 Å². The second-order valence-electron chi connectivity index (χ2n) is 6.80. The highest BCUT2D eigenvalue weighted by Gasteiger charge is 2.18. The largest absolute Gasteiger partial charge is 0.504 e. The maximum absolute atomic E-state index is 12.4. The zero-order valence-corrected chi connectivity index (χ0v) is 15.4. The summed E-state index contributed by atoms with van der Waals surface area (Å²) in [4.78, 5) is 24.7. The molecule has 0 saturated heterocycles. The second-order valence-corrected chi connectivity index (χ2v) is 6.80. The first-order valence-corrected chi connectivity index (χ1v) is 8.65. The lowest BCUT2D eigenvalue weighted by Gasteiger charge is -2.11. The fourth-order valence-electron chi connectivity index (χ4n) is 2.95. The van der Waals surface area contributed by atoms with Gasteiger partial charge >= 0.3 is 5.63 Å². The number of aryl methyl sites for hydroxylation is 1. The third-order valence-corrected chi connectivity index (χ3v) is 4.61. The standard InChI is InChI=1S/C21H21NO5/c1-11(2)13-4-6-14(7-5-13)22-18(24)10-16-12(3)15-8-9-17(23)19(25)20(15)27-21(16)26/h4-9,11,23,25H,10H2,1-3H3,(H,22,24). The van der Waals surface area contributed by atoms with Crippen LogP contribution in [-0.2, 0) is 11.2 Å². The Morgan fingerprint density at radius 3 is 2.41 bits per heavy atom. The van der Waals surface area contributed by atoms with Crippen LogP contribution in [0.15, 0.2) is 45.6 Å². The first-order valence-electron chi connectivity index (χ1n) is 8.65. The Hall–Kier alpha value is -3.28. The van der Waals surface area contributed by atoms with Crippen LogP contribution in [0.2, 0.25) is 0 Å². The molecule has 6 heteroatoms. The van der Waals surface area contributed by atoms with Gasteiger partial charge in [-0.2, -0.15) is 0 Å². The topological polar surface area (TPSA) is 99.8 Å². The Balaban J connectivity index is 1.86. The molecule has 27 heavy (non-hydrogen) atoms. The summed E-state index contributed by atoms with van der Waals surface area (Å²) in [5.41, 5.74) is 1.75. The van der Waals surface area contributed by atoms with E-state index in [1.54, 1.807) is 6.92 Å². The van der Waals surface area contributed by atoms with Crippen molar-refractivity contribution >= 4 is 22.6 Å². The molecular formula is C21H21NO5. The number of anilines is 1. The summed E-state index contributed by atoms with van der Waals surface area (Å²) in [7, 11) is 0. The summed E-state index contributed by atoms with van der Waals surface area (Å²) in [5, 5.41) is 22.7. The molecule has 0 saturated carbocycles. The molecule has 3 aromatic rings. The quantitative estimate of drug-likeness (QED) is 0.481. The van der Waals surface area contributed by atoms with E-state index in [2.05, 4.69) is 19.2 Å². The van der Waals surface area contributed by atoms with Crippen LogP contribution < -0.4 is 10.9 Å². The van der Waals surface area contributed by atoms with Crippen molar-refractivity contribution in [2.24, 2.45) is 0 Å². The number of carbonyl (C=O) groups excluding carboxylic acids is 1. The van der Waals surface area contributed by atoms with E-state index in [1.165, 1.54) is 17.7 Å². The summed E-state index contributed by atoms with van der Waals surface area (Å²) in [6, 6.07) is 10.4. The molecule has 1 heterocycles. The molecule has 0 aliphatic rings. The summed E-state index contributed by atoms with van der Waals surface area (Å²) in [6.45, 7) is 5.86. The molecule has 0 atom stereocenters. The fourth-order valence-corrected chi connectivity index (χ4v) is 2.95. The highest BCUT2D eigenvalue weighted by atomic mass is 16.4. The highest BCUT2D eigenvalue weighted by molar-refractivity contribution is 5.94. The lowest BCUT2D eigenvalue weighted by molar-refractivity contribution is -0.115. The van der Waals surface area contributed by atoms with Crippen LogP contribution >= 0.6 is 0 Å². The van der Waals surface area contributed by atoms with Gasteiger partial charge in [-0.05, 0) is 48.2 Å². The lowest BCUT2D eigenvalue weighted by Crippen LogP contribution is -2.20. The lowest BCUT2D eigenvalue weighted by atomic mass is 10.0. The predicted molar refractivity (Wildman–Crippen MR) is 103 cm³/mol. The predicted octanol–water partition coefficient (Wildman–Crippen LogP) is 3.82. The number of benzene rings is 2. The van der Waals surface area contributed by atoms with Gasteiger partial charge in [0.2, 0.25) is 11.7 Å². The van der Waals surface area contributed by atoms with Crippen LogP contribution in [0.5, 0.6) is 11.5 Å². The van der Waals surface area contributed by atoms with Crippen LogP contribution in [0.4, 0.5) is 5.69 Å². The van der Waals surface area contributed by atoms with Crippen molar-refractivity contribution in [3.05, 3.63) is 63.5 Å². The smallest absolute Gasteiger partial charge is 0.340 e. The van der Waals surface area contributed by atoms with Crippen molar-refractivity contribution in [1.29, 1.82) is 0 Å². The molecule has 0 aliphatic heterocycles. The van der Waals surface area contributed by atoms with Gasteiger partial charge in [0.1, 0.15) is 0 Å². The summed E-state index contributed by atoms with van der Waals surface area (Å²) in [5.74, 6) is -0.810. The first kappa shape index (κ1) is 18.5. The Morgan fingerprint density at radius 1 is 1.11 bits per heavy atom. The first-order chi connectivity index (χ1) is 12.8. The van der Waals surface area contributed by atoms with Gasteiger partial charge in [-0.15, -0.1) is 0 Å². The van der Waals surface area contributed by atoms with Gasteiger partial charge < -0.3 is 19.9 Å². The van der Waals surface area contributed by atoms with Crippen LogP contribution in [0.1, 0.15) is 36.5 Å². The molecule has 2 aromatic carbocycles. The molecule has 1 aromatic heterocycles. The summed E-state index contributed by atoms with van der Waals surface area (Å²) < 4.78 is 5.13. The molecule has 1 amide bonds. The number of rotatable bonds is 4. The number of fused-ring (bicyclic) bond motifs is 1. The number of phenols is 2. The van der Waals surface area contributed by atoms with Crippen molar-refractivity contribution in [2.75, 3.05) is 5.32 Å². The van der Waals surface area contributed by atoms with Crippen LogP contribution in [0.3, 0.4) is 0 Å². The monoisotopic (exact) mass is 367 g/mol. The van der Waals surface area contributed by atoms with Gasteiger partial charge in [-0.1, -0.05) is 26.0 Å². The van der Waals surface area contributed by atoms with E-state index in [-0.39, 0.29) is 29.2 Å². The number of amides is 1. The van der Waals surface area contributed by atoms with Crippen LogP contribution in [0.25, 0.3) is 11.0 Å². The second kappa shape index (κ2) is 7.15. The molecule has 0 radical (unpaired) electrons. The number of nitrogens with one attached hydrogen (secondary N) is 1. The maximum Gasteiger partial charge on any atom is 0.340 e. The average molecular weight is 367 g/mol. The normalized spacial score (nSPS) is 11.1. The van der Waals surface area contributed by atoms with E-state index in [4.69, 9.17) is 4.42 Å². The summed E-state index contributed by atoms with van der Waals surface area (Å²) >= 11 is 0. The minimum atomic E-state index is -0.716. The Morgan fingerprint density at radius 2 is 1.78 bits per heavy atom. The van der Waals surface area contributed by atoms with Crippen molar-refractivity contribution in [1.82, 2.24) is 0 Å². The van der Waals surface area contributed by atoms with E-state index < -0.39 is 11.4 Å². The van der Waals surface area contributed by atoms with E-state index in [0.717, 1.165) is 0 Å². The Bertz CT molecular complexity index is 1060. The van der Waals surface area contributed by atoms with Gasteiger partial charge in [0, 0.05) is 11.1 Å². The molecule has 0 aliphatic carbocycles. The molecule has 0 fully saturated rings. The van der Waals surface area contributed by atoms with Crippen molar-refractivity contribution in [3.63, 3.8) is 0 Å². The van der Waals surface area contributed by atoms with E-state index in [0.29, 0.717) is 22.6 Å². The molecule has 3 rings (SSSR count). The molecular weight excluding hydrogens is 346 g/mol. The van der Waals surface area contributed by atoms with Gasteiger partial charge in [-0.25, -0.2) is 4.79 Å². The van der Waals surface area contributed by atoms with E-state index >= 15 is 0 Å². The fraction of sp³-hybridized carbons (Fsp3) is 0.238. The number of aromatic hydroxyl groups is 2. The van der Waals surface area contributed by atoms with Gasteiger partial charge in [-0.3, -0.25) is 4.79 Å². The number of phenolic OH excluding ortho intramolecular Hbond substituents is 2. The van der Waals surface area contributed by atoms with E-state index in [1.807, 2.05) is 24.3 Å². The maximum atomic E-state index is 12.4. The highest BCUT2D eigenvalue weighted by Crippen LogP contribution is 2.34. The van der Waals surface area contributed by atoms with Gasteiger partial charge in [0.25, 0.3) is 0 Å². The zero-order valence-electron chi connectivity index (χ0n) is 15.4. The third kappa shape index (κ3) is 3.65. The number of hydrogen-bond acceptors (Lipinski definition) is 5. The minimum Gasteiger partial charge on any atom is -0.504 e. The summed E-state index contributed by atoms with van der Waals surface area (Å²) in [6.07, 6.45) is -0.155. The SMILES string of the molecule is Cc1c(CC(=O)Nc2ccc(C(C)C)cc2)c(=O)oc2c(O)c(O)ccc12. The molecule has 6 nitrogen and oxygen atoms in total. The average Bonchev–Trinajstić information content (AvgIpc) is 2.62. The van der Waals surface area contributed by atoms with Crippen molar-refractivity contribution < 1.29 is 19.4 Å². The minimum absolute atomic E-state index is 0.0917. The zero-order chi connectivity index (χ0) is 19.7. The molecule has 140 valence electrons. The molecule has 3 N–H and O–H groups in total. The van der Waals surface area contributed by atoms with Crippen molar-refractivity contribution in [3.8, 4) is 11.5 Å². The number of hydrogen-bond donors (Lipinski definition) is 3. The number of carbonyl (C=O) groups is 1.